The molecular weight excluding hydrogens is 449 g/mol. The molecule has 0 spiro atoms. The molecule has 0 rings (SSSR count). The fourth-order valence-corrected chi connectivity index (χ4v) is 10.6. The molecule has 0 aliphatic rings. The van der Waals surface area contributed by atoms with Gasteiger partial charge in [0.1, 0.15) is 5.78 Å². The van der Waals surface area contributed by atoms with Crippen molar-refractivity contribution < 1.29 is 17.0 Å². The maximum absolute atomic E-state index is 4.11. The number of rotatable bonds is 23. The Balaban J connectivity index is 0. The first kappa shape index (κ1) is 33.0. The molecule has 0 aromatic carbocycles. The third-order valence-electron chi connectivity index (χ3n) is 6.83. The van der Waals surface area contributed by atoms with Crippen molar-refractivity contribution in [1.82, 2.24) is 5.32 Å². The number of halogens is 1. The van der Waals surface area contributed by atoms with Crippen LogP contribution >= 0.6 is 7.26 Å². The Morgan fingerprint density at radius 2 is 0.867 bits per heavy atom. The average molecular weight is 509 g/mol. The second-order valence-electron chi connectivity index (χ2n) is 9.51. The normalized spacial score (nSPS) is 12.7. The second-order valence-corrected chi connectivity index (χ2v) is 13.9. The molecule has 0 fully saturated rings. The molecule has 0 aliphatic carbocycles. The van der Waals surface area contributed by atoms with Gasteiger partial charge in [0.05, 0.1) is 18.5 Å². The van der Waals surface area contributed by atoms with Gasteiger partial charge in [-0.3, -0.25) is 5.32 Å². The minimum Gasteiger partial charge on any atom is -1.00 e. The molecule has 184 valence electrons. The van der Waals surface area contributed by atoms with Crippen LogP contribution in [-0.2, 0) is 0 Å². The molecule has 0 aromatic rings. The van der Waals surface area contributed by atoms with Crippen LogP contribution in [0.2, 0.25) is 0 Å². The third-order valence-corrected chi connectivity index (χ3v) is 12.3. The fourth-order valence-electron chi connectivity index (χ4n) is 4.83. The number of hydrogen-bond acceptors (Lipinski definition) is 1. The predicted octanol–water partition coefficient (Wildman–Crippen LogP) is 6.65. The SMILES string of the molecule is CCCCCCCCCCCCNC(CC)[P+](CCCC)(CCCC)CCCC.[Br-]. The van der Waals surface area contributed by atoms with Crippen molar-refractivity contribution >= 4 is 7.26 Å². The largest absolute Gasteiger partial charge is 1.00 e. The monoisotopic (exact) mass is 507 g/mol. The topological polar surface area (TPSA) is 12.0 Å². The summed E-state index contributed by atoms with van der Waals surface area (Å²) in [6, 6.07) is 0. The van der Waals surface area contributed by atoms with Crippen LogP contribution < -0.4 is 22.3 Å². The standard InChI is InChI=1S/C27H59NP.BrH/c1-6-11-15-16-17-18-19-20-21-22-23-28-27(10-5)29(24-12-7-2,25-13-8-3)26-14-9-4;/h27-28H,6-26H2,1-5H3;1H/q+1;/p-1. The zero-order valence-corrected chi connectivity index (χ0v) is 24.2. The highest BCUT2D eigenvalue weighted by Crippen LogP contribution is 2.64. The molecule has 1 atom stereocenters. The van der Waals surface area contributed by atoms with Gasteiger partial charge in [-0.1, -0.05) is 112 Å². The van der Waals surface area contributed by atoms with E-state index in [0.717, 1.165) is 5.78 Å². The van der Waals surface area contributed by atoms with Gasteiger partial charge < -0.3 is 17.0 Å². The minimum absolute atomic E-state index is 0. The lowest BCUT2D eigenvalue weighted by Crippen LogP contribution is -3.00. The van der Waals surface area contributed by atoms with E-state index in [4.69, 9.17) is 0 Å². The Labute approximate surface area is 203 Å². The van der Waals surface area contributed by atoms with Gasteiger partial charge in [0.15, 0.2) is 0 Å². The van der Waals surface area contributed by atoms with E-state index in [2.05, 4.69) is 39.9 Å². The summed E-state index contributed by atoms with van der Waals surface area (Å²) in [5.41, 5.74) is 0. The molecule has 0 heterocycles. The van der Waals surface area contributed by atoms with Crippen LogP contribution in [0.3, 0.4) is 0 Å². The third kappa shape index (κ3) is 16.5. The minimum atomic E-state index is -0.847. The highest BCUT2D eigenvalue weighted by atomic mass is 79.9. The summed E-state index contributed by atoms with van der Waals surface area (Å²) in [5, 5.41) is 4.11. The van der Waals surface area contributed by atoms with Crippen LogP contribution in [-0.4, -0.2) is 30.8 Å². The highest BCUT2D eigenvalue weighted by Gasteiger charge is 2.42. The van der Waals surface area contributed by atoms with E-state index in [9.17, 15) is 0 Å². The van der Waals surface area contributed by atoms with Crippen molar-refractivity contribution in [1.29, 1.82) is 0 Å². The summed E-state index contributed by atoms with van der Waals surface area (Å²) in [7, 11) is -0.847. The molecule has 0 radical (unpaired) electrons. The van der Waals surface area contributed by atoms with Crippen molar-refractivity contribution in [3.63, 3.8) is 0 Å². The lowest BCUT2D eigenvalue weighted by molar-refractivity contribution is -0.00000669. The van der Waals surface area contributed by atoms with Gasteiger partial charge in [-0.25, -0.2) is 0 Å². The van der Waals surface area contributed by atoms with Crippen molar-refractivity contribution in [2.24, 2.45) is 0 Å². The molecule has 0 amide bonds. The molecule has 3 heteroatoms. The van der Waals surface area contributed by atoms with Crippen molar-refractivity contribution in [3.05, 3.63) is 0 Å². The molecule has 0 saturated carbocycles. The molecule has 30 heavy (non-hydrogen) atoms. The van der Waals surface area contributed by atoms with Crippen LogP contribution in [0.5, 0.6) is 0 Å². The second kappa shape index (κ2) is 24.5. The Hall–Kier alpha value is 0.870. The van der Waals surface area contributed by atoms with Crippen LogP contribution in [0.4, 0.5) is 0 Å². The zero-order chi connectivity index (χ0) is 21.6. The van der Waals surface area contributed by atoms with Crippen LogP contribution in [0.1, 0.15) is 144 Å². The number of unbranched alkanes of at least 4 members (excludes halogenated alkanes) is 12. The van der Waals surface area contributed by atoms with Gasteiger partial charge in [0, 0.05) is 7.26 Å². The molecule has 0 saturated heterocycles. The fraction of sp³-hybridized carbons (Fsp3) is 1.00. The van der Waals surface area contributed by atoms with E-state index in [1.807, 2.05) is 0 Å². The van der Waals surface area contributed by atoms with Gasteiger partial charge in [-0.15, -0.1) is 0 Å². The first-order valence-electron chi connectivity index (χ1n) is 13.8. The van der Waals surface area contributed by atoms with E-state index in [-0.39, 0.29) is 17.0 Å². The van der Waals surface area contributed by atoms with Crippen LogP contribution in [0.15, 0.2) is 0 Å². The van der Waals surface area contributed by atoms with E-state index >= 15 is 0 Å². The lowest BCUT2D eigenvalue weighted by Gasteiger charge is -2.35. The van der Waals surface area contributed by atoms with Gasteiger partial charge in [0.2, 0.25) is 0 Å². The Morgan fingerprint density at radius 3 is 1.23 bits per heavy atom. The maximum atomic E-state index is 4.11. The van der Waals surface area contributed by atoms with E-state index in [1.165, 1.54) is 116 Å². The smallest absolute Gasteiger partial charge is 0.119 e. The number of nitrogens with one attached hydrogen (secondary N) is 1. The Bertz CT molecular complexity index is 302. The summed E-state index contributed by atoms with van der Waals surface area (Å²) in [6.45, 7) is 13.2. The Kier molecular flexibility index (Phi) is 27.0. The molecular formula is C27H59BrNP. The van der Waals surface area contributed by atoms with Crippen molar-refractivity contribution in [2.75, 3.05) is 25.0 Å². The van der Waals surface area contributed by atoms with E-state index < -0.39 is 7.26 Å². The summed E-state index contributed by atoms with van der Waals surface area (Å²) >= 11 is 0. The van der Waals surface area contributed by atoms with Gasteiger partial charge in [-0.05, 0) is 38.6 Å². The average Bonchev–Trinajstić information content (AvgIpc) is 2.74. The molecule has 1 unspecified atom stereocenters. The van der Waals surface area contributed by atoms with Gasteiger partial charge in [0.25, 0.3) is 0 Å². The molecule has 1 nitrogen and oxygen atoms in total. The summed E-state index contributed by atoms with van der Waals surface area (Å²) in [4.78, 5) is 0. The summed E-state index contributed by atoms with van der Waals surface area (Å²) < 4.78 is 0. The molecule has 0 aliphatic heterocycles. The molecule has 1 N–H and O–H groups in total. The van der Waals surface area contributed by atoms with E-state index in [0.29, 0.717) is 0 Å². The summed E-state index contributed by atoms with van der Waals surface area (Å²) in [6.07, 6.45) is 28.9. The maximum Gasteiger partial charge on any atom is 0.119 e. The van der Waals surface area contributed by atoms with Crippen LogP contribution in [0.25, 0.3) is 0 Å². The first-order valence-corrected chi connectivity index (χ1v) is 16.2. The summed E-state index contributed by atoms with van der Waals surface area (Å²) in [5.74, 6) is 0.839. The van der Waals surface area contributed by atoms with Crippen LogP contribution in [0, 0.1) is 0 Å². The van der Waals surface area contributed by atoms with E-state index in [1.54, 1.807) is 18.5 Å². The number of hydrogen-bond donors (Lipinski definition) is 1. The lowest BCUT2D eigenvalue weighted by atomic mass is 10.1. The van der Waals surface area contributed by atoms with Crippen molar-refractivity contribution in [3.8, 4) is 0 Å². The molecule has 0 aromatic heterocycles. The Morgan fingerprint density at radius 1 is 0.500 bits per heavy atom. The van der Waals surface area contributed by atoms with Gasteiger partial charge in [-0.2, -0.15) is 0 Å². The quantitative estimate of drug-likeness (QED) is 0.120. The first-order chi connectivity index (χ1) is 14.2. The van der Waals surface area contributed by atoms with Crippen molar-refractivity contribution in [2.45, 2.75) is 150 Å². The van der Waals surface area contributed by atoms with Gasteiger partial charge >= 0.3 is 0 Å². The highest BCUT2D eigenvalue weighted by molar-refractivity contribution is 7.76. The molecule has 0 bridgehead atoms. The predicted molar refractivity (Wildman–Crippen MR) is 140 cm³/mol. The zero-order valence-electron chi connectivity index (χ0n) is 21.8.